The van der Waals surface area contributed by atoms with Crippen LogP contribution in [0.4, 0.5) is 5.69 Å². The molecule has 0 saturated heterocycles. The van der Waals surface area contributed by atoms with Gasteiger partial charge in [0.05, 0.1) is 19.9 Å². The quantitative estimate of drug-likeness (QED) is 0.856. The number of anilines is 1. The van der Waals surface area contributed by atoms with E-state index in [9.17, 15) is 4.79 Å². The number of benzene rings is 2. The molecule has 0 heterocycles. The van der Waals surface area contributed by atoms with E-state index in [1.54, 1.807) is 38.5 Å². The zero-order valence-electron chi connectivity index (χ0n) is 12.0. The van der Waals surface area contributed by atoms with Crippen molar-refractivity contribution in [2.24, 2.45) is 0 Å². The van der Waals surface area contributed by atoms with Crippen molar-refractivity contribution in [1.82, 2.24) is 0 Å². The lowest BCUT2D eigenvalue weighted by Crippen LogP contribution is -2.08. The Labute approximate surface area is 124 Å². The number of carbonyl (C=O) groups excluding carboxylic acids is 1. The Bertz CT molecular complexity index is 636. The summed E-state index contributed by atoms with van der Waals surface area (Å²) in [6.45, 7) is 0. The van der Waals surface area contributed by atoms with Crippen LogP contribution in [0.15, 0.2) is 54.6 Å². The van der Waals surface area contributed by atoms with Gasteiger partial charge >= 0.3 is 0 Å². The molecule has 0 atom stereocenters. The lowest BCUT2D eigenvalue weighted by atomic mass is 10.2. The molecule has 1 amide bonds. The summed E-state index contributed by atoms with van der Waals surface area (Å²) < 4.78 is 10.3. The van der Waals surface area contributed by atoms with Gasteiger partial charge in [0.2, 0.25) is 5.91 Å². The van der Waals surface area contributed by atoms with Gasteiger partial charge in [-0.3, -0.25) is 4.79 Å². The van der Waals surface area contributed by atoms with Crippen molar-refractivity contribution in [2.75, 3.05) is 19.5 Å². The second-order valence-corrected chi connectivity index (χ2v) is 4.30. The van der Waals surface area contributed by atoms with Crippen molar-refractivity contribution in [3.05, 3.63) is 60.2 Å². The third-order valence-corrected chi connectivity index (χ3v) is 2.89. The maximum Gasteiger partial charge on any atom is 0.248 e. The first kappa shape index (κ1) is 14.7. The van der Waals surface area contributed by atoms with Crippen molar-refractivity contribution < 1.29 is 14.3 Å². The summed E-state index contributed by atoms with van der Waals surface area (Å²) in [5, 5.41) is 2.78. The molecule has 4 nitrogen and oxygen atoms in total. The van der Waals surface area contributed by atoms with Crippen molar-refractivity contribution >= 4 is 17.7 Å². The molecule has 0 aromatic heterocycles. The fraction of sp³-hybridized carbons (Fsp3) is 0.118. The molecule has 1 N–H and O–H groups in total. The average Bonchev–Trinajstić information content (AvgIpc) is 2.54. The normalized spacial score (nSPS) is 10.4. The maximum atomic E-state index is 11.9. The summed E-state index contributed by atoms with van der Waals surface area (Å²) in [7, 11) is 3.12. The monoisotopic (exact) mass is 283 g/mol. The first-order valence-corrected chi connectivity index (χ1v) is 6.49. The van der Waals surface area contributed by atoms with Crippen LogP contribution < -0.4 is 14.8 Å². The lowest BCUT2D eigenvalue weighted by molar-refractivity contribution is -0.111. The summed E-state index contributed by atoms with van der Waals surface area (Å²) in [4.78, 5) is 11.9. The van der Waals surface area contributed by atoms with Crippen LogP contribution in [0.1, 0.15) is 5.56 Å². The standard InChI is InChI=1S/C17H17NO3/c1-20-14-9-10-15(16(12-14)21-2)18-17(19)11-8-13-6-4-3-5-7-13/h3-12H,1-2H3,(H,18,19)/b11-8+. The first-order chi connectivity index (χ1) is 10.2. The molecular weight excluding hydrogens is 266 g/mol. The zero-order chi connectivity index (χ0) is 15.1. The molecule has 0 aliphatic carbocycles. The van der Waals surface area contributed by atoms with Crippen LogP contribution in [0.2, 0.25) is 0 Å². The number of amides is 1. The van der Waals surface area contributed by atoms with Crippen LogP contribution >= 0.6 is 0 Å². The van der Waals surface area contributed by atoms with Crippen LogP contribution in [0.5, 0.6) is 11.5 Å². The van der Waals surface area contributed by atoms with E-state index in [-0.39, 0.29) is 5.91 Å². The number of ether oxygens (including phenoxy) is 2. The third-order valence-electron chi connectivity index (χ3n) is 2.89. The maximum absolute atomic E-state index is 11.9. The average molecular weight is 283 g/mol. The van der Waals surface area contributed by atoms with Gasteiger partial charge < -0.3 is 14.8 Å². The SMILES string of the molecule is COc1ccc(NC(=O)/C=C/c2ccccc2)c(OC)c1. The van der Waals surface area contributed by atoms with Gasteiger partial charge in [-0.15, -0.1) is 0 Å². The third kappa shape index (κ3) is 4.11. The molecule has 2 aromatic carbocycles. The largest absolute Gasteiger partial charge is 0.497 e. The van der Waals surface area contributed by atoms with E-state index < -0.39 is 0 Å². The molecule has 2 aromatic rings. The Morgan fingerprint density at radius 1 is 1.05 bits per heavy atom. The highest BCUT2D eigenvalue weighted by atomic mass is 16.5. The second-order valence-electron chi connectivity index (χ2n) is 4.30. The highest BCUT2D eigenvalue weighted by Crippen LogP contribution is 2.28. The summed E-state index contributed by atoms with van der Waals surface area (Å²) >= 11 is 0. The van der Waals surface area contributed by atoms with Gasteiger partial charge in [-0.1, -0.05) is 30.3 Å². The number of nitrogens with one attached hydrogen (secondary N) is 1. The fourth-order valence-corrected chi connectivity index (χ4v) is 1.81. The van der Waals surface area contributed by atoms with E-state index in [0.29, 0.717) is 17.2 Å². The highest BCUT2D eigenvalue weighted by molar-refractivity contribution is 6.02. The van der Waals surface area contributed by atoms with E-state index in [0.717, 1.165) is 5.56 Å². The van der Waals surface area contributed by atoms with Gasteiger partial charge in [0.1, 0.15) is 11.5 Å². The Hall–Kier alpha value is -2.75. The second kappa shape index (κ2) is 7.14. The molecule has 0 aliphatic rings. The smallest absolute Gasteiger partial charge is 0.248 e. The van der Waals surface area contributed by atoms with Crippen molar-refractivity contribution in [2.45, 2.75) is 0 Å². The summed E-state index contributed by atoms with van der Waals surface area (Å²) in [6.07, 6.45) is 3.24. The van der Waals surface area contributed by atoms with Gasteiger partial charge in [-0.2, -0.15) is 0 Å². The molecule has 0 bridgehead atoms. The van der Waals surface area contributed by atoms with Crippen LogP contribution in [-0.4, -0.2) is 20.1 Å². The molecule has 21 heavy (non-hydrogen) atoms. The highest BCUT2D eigenvalue weighted by Gasteiger charge is 2.06. The molecule has 0 spiro atoms. The Morgan fingerprint density at radius 3 is 2.48 bits per heavy atom. The minimum atomic E-state index is -0.220. The summed E-state index contributed by atoms with van der Waals surface area (Å²) in [5.74, 6) is 1.00. The molecule has 0 aliphatic heterocycles. The van der Waals surface area contributed by atoms with Gasteiger partial charge in [-0.05, 0) is 23.8 Å². The Balaban J connectivity index is 2.07. The number of rotatable bonds is 5. The minimum absolute atomic E-state index is 0.220. The summed E-state index contributed by atoms with van der Waals surface area (Å²) in [5.41, 5.74) is 1.57. The zero-order valence-corrected chi connectivity index (χ0v) is 12.0. The molecule has 0 fully saturated rings. The molecule has 0 unspecified atom stereocenters. The molecule has 0 saturated carbocycles. The van der Waals surface area contributed by atoms with Crippen molar-refractivity contribution in [1.29, 1.82) is 0 Å². The molecule has 4 heteroatoms. The van der Waals surface area contributed by atoms with E-state index in [2.05, 4.69) is 5.32 Å². The van der Waals surface area contributed by atoms with E-state index in [1.807, 2.05) is 30.3 Å². The van der Waals surface area contributed by atoms with Crippen LogP contribution in [0, 0.1) is 0 Å². The van der Waals surface area contributed by atoms with E-state index in [4.69, 9.17) is 9.47 Å². The van der Waals surface area contributed by atoms with Crippen LogP contribution in [0.3, 0.4) is 0 Å². The molecule has 0 radical (unpaired) electrons. The van der Waals surface area contributed by atoms with Gasteiger partial charge in [-0.25, -0.2) is 0 Å². The number of hydrogen-bond donors (Lipinski definition) is 1. The molecule has 108 valence electrons. The van der Waals surface area contributed by atoms with Crippen LogP contribution in [-0.2, 0) is 4.79 Å². The van der Waals surface area contributed by atoms with Gasteiger partial charge in [0, 0.05) is 12.1 Å². The first-order valence-electron chi connectivity index (χ1n) is 6.49. The fourth-order valence-electron chi connectivity index (χ4n) is 1.81. The van der Waals surface area contributed by atoms with Gasteiger partial charge in [0.15, 0.2) is 0 Å². The lowest BCUT2D eigenvalue weighted by Gasteiger charge is -2.10. The van der Waals surface area contributed by atoms with Crippen LogP contribution in [0.25, 0.3) is 6.08 Å². The topological polar surface area (TPSA) is 47.6 Å². The van der Waals surface area contributed by atoms with Crippen molar-refractivity contribution in [3.8, 4) is 11.5 Å². The number of carbonyl (C=O) groups is 1. The van der Waals surface area contributed by atoms with E-state index >= 15 is 0 Å². The summed E-state index contributed by atoms with van der Waals surface area (Å²) in [6, 6.07) is 14.9. The number of methoxy groups -OCH3 is 2. The predicted octanol–water partition coefficient (Wildman–Crippen LogP) is 3.36. The van der Waals surface area contributed by atoms with E-state index in [1.165, 1.54) is 6.08 Å². The Morgan fingerprint density at radius 2 is 1.81 bits per heavy atom. The number of hydrogen-bond acceptors (Lipinski definition) is 3. The van der Waals surface area contributed by atoms with Crippen molar-refractivity contribution in [3.63, 3.8) is 0 Å². The predicted molar refractivity (Wildman–Crippen MR) is 83.7 cm³/mol. The Kier molecular flexibility index (Phi) is 4.99. The molecular formula is C17H17NO3. The molecule has 2 rings (SSSR count). The van der Waals surface area contributed by atoms with Gasteiger partial charge in [0.25, 0.3) is 0 Å². The minimum Gasteiger partial charge on any atom is -0.497 e.